The van der Waals surface area contributed by atoms with Crippen molar-refractivity contribution in [3.05, 3.63) is 24.3 Å². The molecule has 0 aromatic heterocycles. The molecule has 1 saturated heterocycles. The summed E-state index contributed by atoms with van der Waals surface area (Å²) in [5, 5.41) is 0. The Labute approximate surface area is 134 Å². The standard InChI is InChI=1S/C17H26BNO3/c1-17(2,3)22-16(20)19-9-7-13(8-10-19)12-21-15-6-4-5-14(18)11-15/h4-6,11,13H,7-10,12,18H2,1-3H3. The van der Waals surface area contributed by atoms with Crippen molar-refractivity contribution >= 4 is 19.4 Å². The summed E-state index contributed by atoms with van der Waals surface area (Å²) in [5.74, 6) is 1.42. The van der Waals surface area contributed by atoms with Crippen LogP contribution in [-0.2, 0) is 4.74 Å². The molecule has 0 atom stereocenters. The number of hydrogen-bond donors (Lipinski definition) is 0. The smallest absolute Gasteiger partial charge is 0.410 e. The zero-order valence-corrected chi connectivity index (χ0v) is 14.1. The Hall–Kier alpha value is -1.65. The van der Waals surface area contributed by atoms with Crippen LogP contribution in [0.5, 0.6) is 5.75 Å². The highest BCUT2D eigenvalue weighted by Gasteiger charge is 2.27. The lowest BCUT2D eigenvalue weighted by molar-refractivity contribution is 0.0165. The molecule has 0 aliphatic carbocycles. The number of nitrogens with zero attached hydrogens (tertiary/aromatic N) is 1. The maximum Gasteiger partial charge on any atom is 0.410 e. The molecule has 0 N–H and O–H groups in total. The average Bonchev–Trinajstić information content (AvgIpc) is 2.44. The first-order valence-corrected chi connectivity index (χ1v) is 8.01. The van der Waals surface area contributed by atoms with Gasteiger partial charge in [-0.25, -0.2) is 4.79 Å². The van der Waals surface area contributed by atoms with Crippen LogP contribution in [-0.4, -0.2) is 44.1 Å². The lowest BCUT2D eigenvalue weighted by Crippen LogP contribution is -2.42. The molecule has 1 aliphatic rings. The van der Waals surface area contributed by atoms with E-state index in [2.05, 4.69) is 20.0 Å². The van der Waals surface area contributed by atoms with Gasteiger partial charge >= 0.3 is 6.09 Å². The molecule has 1 aromatic carbocycles. The molecule has 1 aliphatic heterocycles. The van der Waals surface area contributed by atoms with Crippen LogP contribution in [0.25, 0.3) is 0 Å². The van der Waals surface area contributed by atoms with Crippen LogP contribution in [0.15, 0.2) is 24.3 Å². The van der Waals surface area contributed by atoms with Crippen LogP contribution in [0.2, 0.25) is 0 Å². The van der Waals surface area contributed by atoms with Gasteiger partial charge in [0.05, 0.1) is 6.61 Å². The zero-order chi connectivity index (χ0) is 16.2. The number of carbonyl (C=O) groups excluding carboxylic acids is 1. The lowest BCUT2D eigenvalue weighted by atomic mass is 9.96. The topological polar surface area (TPSA) is 38.8 Å². The average molecular weight is 303 g/mol. The van der Waals surface area contributed by atoms with E-state index in [1.165, 1.54) is 5.46 Å². The molecule has 0 saturated carbocycles. The maximum absolute atomic E-state index is 12.0. The summed E-state index contributed by atoms with van der Waals surface area (Å²) in [4.78, 5) is 13.8. The third-order valence-electron chi connectivity index (χ3n) is 3.74. The first kappa shape index (κ1) is 16.7. The predicted molar refractivity (Wildman–Crippen MR) is 90.6 cm³/mol. The summed E-state index contributed by atoms with van der Waals surface area (Å²) in [7, 11) is 2.06. The molecule has 1 heterocycles. The van der Waals surface area contributed by atoms with Crippen molar-refractivity contribution in [2.45, 2.75) is 39.2 Å². The molecule has 120 valence electrons. The number of amides is 1. The fourth-order valence-corrected chi connectivity index (χ4v) is 2.53. The second-order valence-corrected chi connectivity index (χ2v) is 7.04. The second kappa shape index (κ2) is 7.08. The SMILES string of the molecule is Bc1cccc(OCC2CCN(C(=O)OC(C)(C)C)CC2)c1. The Morgan fingerprint density at radius 1 is 1.32 bits per heavy atom. The van der Waals surface area contributed by atoms with E-state index in [-0.39, 0.29) is 6.09 Å². The molecule has 0 radical (unpaired) electrons. The quantitative estimate of drug-likeness (QED) is 0.801. The monoisotopic (exact) mass is 303 g/mol. The fourth-order valence-electron chi connectivity index (χ4n) is 2.53. The molecule has 0 unspecified atom stereocenters. The summed E-state index contributed by atoms with van der Waals surface area (Å²) >= 11 is 0. The molecular weight excluding hydrogens is 277 g/mol. The van der Waals surface area contributed by atoms with Gasteiger partial charge in [-0.1, -0.05) is 17.6 Å². The molecule has 5 heteroatoms. The number of carbonyl (C=O) groups is 1. The van der Waals surface area contributed by atoms with Crippen molar-refractivity contribution in [1.82, 2.24) is 4.90 Å². The van der Waals surface area contributed by atoms with E-state index in [0.717, 1.165) is 31.7 Å². The Balaban J connectivity index is 1.74. The second-order valence-electron chi connectivity index (χ2n) is 7.04. The van der Waals surface area contributed by atoms with Crippen molar-refractivity contribution in [2.75, 3.05) is 19.7 Å². The van der Waals surface area contributed by atoms with E-state index in [9.17, 15) is 4.79 Å². The van der Waals surface area contributed by atoms with Crippen LogP contribution >= 0.6 is 0 Å². The van der Waals surface area contributed by atoms with Crippen LogP contribution < -0.4 is 10.2 Å². The Bertz CT molecular complexity index is 505. The number of hydrogen-bond acceptors (Lipinski definition) is 3. The van der Waals surface area contributed by atoms with Crippen molar-refractivity contribution in [1.29, 1.82) is 0 Å². The van der Waals surface area contributed by atoms with Gasteiger partial charge in [-0.15, -0.1) is 0 Å². The molecule has 0 bridgehead atoms. The highest BCUT2D eigenvalue weighted by Crippen LogP contribution is 2.21. The number of likely N-dealkylation sites (tertiary alicyclic amines) is 1. The van der Waals surface area contributed by atoms with Gasteiger partial charge in [-0.3, -0.25) is 0 Å². The number of rotatable bonds is 3. The molecule has 0 spiro atoms. The lowest BCUT2D eigenvalue weighted by Gasteiger charge is -2.33. The predicted octanol–water partition coefficient (Wildman–Crippen LogP) is 1.97. The minimum absolute atomic E-state index is 0.203. The highest BCUT2D eigenvalue weighted by atomic mass is 16.6. The maximum atomic E-state index is 12.0. The van der Waals surface area contributed by atoms with E-state index in [1.54, 1.807) is 4.90 Å². The number of benzene rings is 1. The van der Waals surface area contributed by atoms with Crippen LogP contribution in [0.1, 0.15) is 33.6 Å². The third-order valence-corrected chi connectivity index (χ3v) is 3.74. The van der Waals surface area contributed by atoms with Crippen molar-refractivity contribution in [3.8, 4) is 5.75 Å². The largest absolute Gasteiger partial charge is 0.493 e. The van der Waals surface area contributed by atoms with Crippen molar-refractivity contribution in [2.24, 2.45) is 5.92 Å². The first-order valence-electron chi connectivity index (χ1n) is 8.01. The minimum Gasteiger partial charge on any atom is -0.493 e. The summed E-state index contributed by atoms with van der Waals surface area (Å²) < 4.78 is 11.3. The van der Waals surface area contributed by atoms with E-state index >= 15 is 0 Å². The van der Waals surface area contributed by atoms with E-state index in [1.807, 2.05) is 32.9 Å². The Morgan fingerprint density at radius 3 is 2.59 bits per heavy atom. The molecule has 4 nitrogen and oxygen atoms in total. The third kappa shape index (κ3) is 5.28. The van der Waals surface area contributed by atoms with Crippen LogP contribution in [0.3, 0.4) is 0 Å². The molecule has 1 amide bonds. The van der Waals surface area contributed by atoms with Gasteiger partial charge in [0, 0.05) is 13.1 Å². The van der Waals surface area contributed by atoms with Crippen LogP contribution in [0, 0.1) is 5.92 Å². The fraction of sp³-hybridized carbons (Fsp3) is 0.588. The van der Waals surface area contributed by atoms with Gasteiger partial charge < -0.3 is 14.4 Å². The summed E-state index contributed by atoms with van der Waals surface area (Å²) in [5.41, 5.74) is 0.777. The van der Waals surface area contributed by atoms with Gasteiger partial charge in [-0.05, 0) is 51.7 Å². The van der Waals surface area contributed by atoms with Gasteiger partial charge in [0.1, 0.15) is 19.2 Å². The van der Waals surface area contributed by atoms with Crippen molar-refractivity contribution < 1.29 is 14.3 Å². The van der Waals surface area contributed by atoms with Crippen molar-refractivity contribution in [3.63, 3.8) is 0 Å². The highest BCUT2D eigenvalue weighted by molar-refractivity contribution is 6.32. The summed E-state index contributed by atoms with van der Waals surface area (Å²) in [6.07, 6.45) is 1.72. The van der Waals surface area contributed by atoms with Gasteiger partial charge in [0.15, 0.2) is 0 Å². The number of piperidine rings is 1. The van der Waals surface area contributed by atoms with E-state index in [0.29, 0.717) is 12.5 Å². The zero-order valence-electron chi connectivity index (χ0n) is 14.1. The van der Waals surface area contributed by atoms with Gasteiger partial charge in [0.2, 0.25) is 0 Å². The van der Waals surface area contributed by atoms with Crippen LogP contribution in [0.4, 0.5) is 4.79 Å². The normalized spacial score (nSPS) is 16.4. The van der Waals surface area contributed by atoms with E-state index in [4.69, 9.17) is 9.47 Å². The molecule has 1 aromatic rings. The minimum atomic E-state index is -0.428. The summed E-state index contributed by atoms with van der Waals surface area (Å²) in [6, 6.07) is 8.11. The molecule has 22 heavy (non-hydrogen) atoms. The molecule has 2 rings (SSSR count). The molecule has 1 fully saturated rings. The van der Waals surface area contributed by atoms with Gasteiger partial charge in [-0.2, -0.15) is 0 Å². The Morgan fingerprint density at radius 2 is 2.00 bits per heavy atom. The Kier molecular flexibility index (Phi) is 5.38. The number of ether oxygens (including phenoxy) is 2. The van der Waals surface area contributed by atoms with E-state index < -0.39 is 5.60 Å². The summed E-state index contributed by atoms with van der Waals surface area (Å²) in [6.45, 7) is 7.90. The van der Waals surface area contributed by atoms with Gasteiger partial charge in [0.25, 0.3) is 0 Å². The first-order chi connectivity index (χ1) is 10.3. The molecular formula is C17H26BNO3.